The van der Waals surface area contributed by atoms with Crippen LogP contribution >= 0.6 is 11.6 Å². The van der Waals surface area contributed by atoms with Crippen molar-refractivity contribution in [1.29, 1.82) is 0 Å². The zero-order valence-corrected chi connectivity index (χ0v) is 22.2. The largest absolute Gasteiger partial charge is 0.487 e. The van der Waals surface area contributed by atoms with Crippen molar-refractivity contribution in [3.63, 3.8) is 0 Å². The minimum atomic E-state index is 0.0143. The maximum Gasteiger partial charge on any atom is 0.225 e. The zero-order valence-electron chi connectivity index (χ0n) is 21.5. The fourth-order valence-corrected chi connectivity index (χ4v) is 4.78. The number of carbonyl (C=O) groups is 1. The predicted molar refractivity (Wildman–Crippen MR) is 143 cm³/mol. The molecule has 0 atom stereocenters. The number of carbonyl (C=O) groups excluding carboxylic acids is 1. The third-order valence-electron chi connectivity index (χ3n) is 6.61. The summed E-state index contributed by atoms with van der Waals surface area (Å²) in [6, 6.07) is 9.98. The van der Waals surface area contributed by atoms with Gasteiger partial charge in [0.15, 0.2) is 0 Å². The monoisotopic (exact) mass is 505 g/mol. The van der Waals surface area contributed by atoms with Crippen molar-refractivity contribution in [1.82, 2.24) is 24.6 Å². The number of para-hydroxylation sites is 1. The number of ether oxygens (including phenoxy) is 1. The van der Waals surface area contributed by atoms with Crippen LogP contribution in [0.2, 0.25) is 5.02 Å². The second kappa shape index (κ2) is 11.1. The molecule has 0 aliphatic carbocycles. The van der Waals surface area contributed by atoms with Crippen molar-refractivity contribution in [2.45, 2.75) is 46.8 Å². The maximum absolute atomic E-state index is 12.8. The van der Waals surface area contributed by atoms with Crippen LogP contribution in [0.15, 0.2) is 48.9 Å². The Balaban J connectivity index is 1.64. The van der Waals surface area contributed by atoms with Gasteiger partial charge in [-0.25, -0.2) is 4.98 Å². The molecule has 0 fully saturated rings. The molecule has 4 aromatic rings. The number of fused-ring (bicyclic) bond motifs is 1. The summed E-state index contributed by atoms with van der Waals surface area (Å²) >= 11 is 6.56. The first-order valence-electron chi connectivity index (χ1n) is 12.2. The average Bonchev–Trinajstić information content (AvgIpc) is 3.29. The summed E-state index contributed by atoms with van der Waals surface area (Å²) in [6.45, 7) is 6.71. The van der Waals surface area contributed by atoms with Gasteiger partial charge < -0.3 is 9.64 Å². The van der Waals surface area contributed by atoms with Gasteiger partial charge in [0.25, 0.3) is 0 Å². The van der Waals surface area contributed by atoms with E-state index in [1.807, 2.05) is 63.8 Å². The van der Waals surface area contributed by atoms with E-state index in [0.717, 1.165) is 51.8 Å². The SMILES string of the molecule is CCC(CC)C(=O)N(C)Cc1cncc(Cl)c1COc1cccc2c(-c3ccnn3C)cc(C)nc12. The molecule has 1 amide bonds. The lowest BCUT2D eigenvalue weighted by molar-refractivity contribution is -0.135. The molecule has 3 aromatic heterocycles. The Labute approximate surface area is 217 Å². The lowest BCUT2D eigenvalue weighted by Crippen LogP contribution is -2.32. The van der Waals surface area contributed by atoms with E-state index in [2.05, 4.69) is 16.1 Å². The Morgan fingerprint density at radius 3 is 2.67 bits per heavy atom. The number of hydrogen-bond donors (Lipinski definition) is 0. The zero-order chi connectivity index (χ0) is 25.8. The van der Waals surface area contributed by atoms with Crippen LogP contribution in [0.1, 0.15) is 43.5 Å². The number of aryl methyl sites for hydroxylation is 2. The highest BCUT2D eigenvalue weighted by atomic mass is 35.5. The highest BCUT2D eigenvalue weighted by Gasteiger charge is 2.21. The second-order valence-corrected chi connectivity index (χ2v) is 9.47. The quantitative estimate of drug-likeness (QED) is 0.280. The molecular weight excluding hydrogens is 474 g/mol. The van der Waals surface area contributed by atoms with E-state index < -0.39 is 0 Å². The van der Waals surface area contributed by atoms with Gasteiger partial charge in [-0.2, -0.15) is 5.10 Å². The highest BCUT2D eigenvalue weighted by molar-refractivity contribution is 6.31. The lowest BCUT2D eigenvalue weighted by atomic mass is 10.0. The van der Waals surface area contributed by atoms with Crippen molar-refractivity contribution < 1.29 is 9.53 Å². The first-order chi connectivity index (χ1) is 17.3. The molecule has 4 rings (SSSR count). The molecule has 0 bridgehead atoms. The topological polar surface area (TPSA) is 73.1 Å². The summed E-state index contributed by atoms with van der Waals surface area (Å²) in [5.74, 6) is 0.809. The molecule has 0 saturated carbocycles. The third kappa shape index (κ3) is 5.21. The van der Waals surface area contributed by atoms with E-state index in [9.17, 15) is 4.79 Å². The molecule has 0 aliphatic rings. The van der Waals surface area contributed by atoms with E-state index in [4.69, 9.17) is 21.3 Å². The molecule has 0 spiro atoms. The maximum atomic E-state index is 12.8. The molecule has 0 unspecified atom stereocenters. The van der Waals surface area contributed by atoms with Crippen LogP contribution in [0.25, 0.3) is 22.2 Å². The molecule has 36 heavy (non-hydrogen) atoms. The normalized spacial score (nSPS) is 11.3. The minimum absolute atomic E-state index is 0.0143. The number of rotatable bonds is 9. The number of pyridine rings is 2. The number of benzene rings is 1. The summed E-state index contributed by atoms with van der Waals surface area (Å²) < 4.78 is 8.17. The highest BCUT2D eigenvalue weighted by Crippen LogP contribution is 2.34. The van der Waals surface area contributed by atoms with Gasteiger partial charge in [0, 0.05) is 67.4 Å². The minimum Gasteiger partial charge on any atom is -0.487 e. The van der Waals surface area contributed by atoms with E-state index in [1.54, 1.807) is 23.5 Å². The van der Waals surface area contributed by atoms with Gasteiger partial charge in [-0.1, -0.05) is 37.6 Å². The molecular formula is C28H32ClN5O2. The fraction of sp³-hybridized carbons (Fsp3) is 0.357. The third-order valence-corrected chi connectivity index (χ3v) is 6.94. The Bertz CT molecular complexity index is 1380. The molecule has 188 valence electrons. The summed E-state index contributed by atoms with van der Waals surface area (Å²) in [4.78, 5) is 23.6. The number of amides is 1. The van der Waals surface area contributed by atoms with Crippen molar-refractivity contribution in [3.05, 3.63) is 70.8 Å². The smallest absolute Gasteiger partial charge is 0.225 e. The standard InChI is InChI=1S/C28H32ClN5O2/c1-6-19(7-2)28(35)33(4)16-20-14-30-15-24(29)23(20)17-36-26-10-8-9-21-22(13-18(3)32-27(21)26)25-11-12-31-34(25)5/h8-15,19H,6-7,16-17H2,1-5H3. The van der Waals surface area contributed by atoms with Crippen LogP contribution in [0, 0.1) is 12.8 Å². The van der Waals surface area contributed by atoms with Gasteiger partial charge in [-0.3, -0.25) is 14.5 Å². The van der Waals surface area contributed by atoms with Crippen LogP contribution < -0.4 is 4.74 Å². The lowest BCUT2D eigenvalue weighted by Gasteiger charge is -2.23. The number of hydrogen-bond acceptors (Lipinski definition) is 5. The first kappa shape index (κ1) is 25.6. The Kier molecular flexibility index (Phi) is 7.89. The molecule has 3 heterocycles. The number of halogens is 1. The Morgan fingerprint density at radius 2 is 1.97 bits per heavy atom. The van der Waals surface area contributed by atoms with Crippen LogP contribution in [0.3, 0.4) is 0 Å². The van der Waals surface area contributed by atoms with E-state index in [1.165, 1.54) is 0 Å². The van der Waals surface area contributed by atoms with E-state index in [-0.39, 0.29) is 18.4 Å². The van der Waals surface area contributed by atoms with Crippen molar-refractivity contribution in [3.8, 4) is 17.0 Å². The number of aromatic nitrogens is 4. The molecule has 7 nitrogen and oxygen atoms in total. The van der Waals surface area contributed by atoms with Gasteiger partial charge in [0.2, 0.25) is 5.91 Å². The molecule has 0 aliphatic heterocycles. The van der Waals surface area contributed by atoms with Crippen molar-refractivity contribution >= 4 is 28.4 Å². The van der Waals surface area contributed by atoms with Gasteiger partial charge in [-0.05, 0) is 43.5 Å². The van der Waals surface area contributed by atoms with Crippen LogP contribution in [-0.4, -0.2) is 37.6 Å². The first-order valence-corrected chi connectivity index (χ1v) is 12.6. The Morgan fingerprint density at radius 1 is 1.19 bits per heavy atom. The van der Waals surface area contributed by atoms with Crippen LogP contribution in [0.5, 0.6) is 5.75 Å². The molecule has 0 radical (unpaired) electrons. The van der Waals surface area contributed by atoms with Gasteiger partial charge in [0.1, 0.15) is 17.9 Å². The fourth-order valence-electron chi connectivity index (χ4n) is 4.55. The summed E-state index contributed by atoms with van der Waals surface area (Å²) in [5.41, 5.74) is 5.40. The van der Waals surface area contributed by atoms with Crippen molar-refractivity contribution in [2.24, 2.45) is 13.0 Å². The van der Waals surface area contributed by atoms with E-state index >= 15 is 0 Å². The molecule has 0 saturated heterocycles. The summed E-state index contributed by atoms with van der Waals surface area (Å²) in [7, 11) is 3.75. The Hall–Kier alpha value is -3.45. The molecule has 8 heteroatoms. The second-order valence-electron chi connectivity index (χ2n) is 9.06. The average molecular weight is 506 g/mol. The molecule has 1 aromatic carbocycles. The van der Waals surface area contributed by atoms with Gasteiger partial charge >= 0.3 is 0 Å². The van der Waals surface area contributed by atoms with Crippen molar-refractivity contribution in [2.75, 3.05) is 7.05 Å². The summed E-state index contributed by atoms with van der Waals surface area (Å²) in [6.07, 6.45) is 6.79. The van der Waals surface area contributed by atoms with Gasteiger partial charge in [-0.15, -0.1) is 0 Å². The van der Waals surface area contributed by atoms with E-state index in [0.29, 0.717) is 17.3 Å². The van der Waals surface area contributed by atoms with Gasteiger partial charge in [0.05, 0.1) is 10.7 Å². The predicted octanol–water partition coefficient (Wildman–Crippen LogP) is 5.97. The summed E-state index contributed by atoms with van der Waals surface area (Å²) in [5, 5.41) is 5.82. The molecule has 0 N–H and O–H groups in total. The van der Waals surface area contributed by atoms with Crippen LogP contribution in [-0.2, 0) is 25.0 Å². The van der Waals surface area contributed by atoms with Crippen LogP contribution in [0.4, 0.5) is 0 Å². The number of nitrogens with zero attached hydrogens (tertiary/aromatic N) is 5.